The predicted molar refractivity (Wildman–Crippen MR) is 56.9 cm³/mol. The number of rotatable bonds is 1. The van der Waals surface area contributed by atoms with Crippen molar-refractivity contribution >= 4 is 28.8 Å². The highest BCUT2D eigenvalue weighted by Crippen LogP contribution is 2.13. The van der Waals surface area contributed by atoms with Gasteiger partial charge in [-0.25, -0.2) is 3.11 Å². The molecule has 1 atom stereocenters. The van der Waals surface area contributed by atoms with Crippen LogP contribution in [0, 0.1) is 11.3 Å². The average Bonchev–Trinajstić information content (AvgIpc) is 2.17. The van der Waals surface area contributed by atoms with E-state index in [-0.39, 0.29) is 11.9 Å². The lowest BCUT2D eigenvalue weighted by atomic mass is 10.2. The molecule has 0 radical (unpaired) electrons. The zero-order chi connectivity index (χ0) is 9.84. The lowest BCUT2D eigenvalue weighted by Gasteiger charge is -2.33. The summed E-state index contributed by atoms with van der Waals surface area (Å²) in [5.41, 5.74) is 0. The average molecular weight is 291 g/mol. The van der Waals surface area contributed by atoms with Crippen LogP contribution in [0.5, 0.6) is 0 Å². The molecule has 1 rings (SSSR count). The van der Waals surface area contributed by atoms with Crippen LogP contribution in [0.3, 0.4) is 0 Å². The Morgan fingerprint density at radius 1 is 1.69 bits per heavy atom. The van der Waals surface area contributed by atoms with Crippen LogP contribution in [0.25, 0.3) is 0 Å². The Morgan fingerprint density at radius 2 is 2.38 bits per heavy atom. The second kappa shape index (κ2) is 4.58. The third-order valence-electron chi connectivity index (χ3n) is 1.95. The number of hydrogen-bond acceptors (Lipinski definition) is 3. The number of halogens is 1. The molecule has 0 aromatic carbocycles. The standard InChI is InChI=1S/C8H10IN3O/c1-2-8(13)11-3-4-12(9)7(5-10)6-11/h2,7H,1,3-4,6H2/t7-/m0/s1. The van der Waals surface area contributed by atoms with Gasteiger partial charge in [0.2, 0.25) is 5.91 Å². The van der Waals surface area contributed by atoms with Crippen molar-refractivity contribution in [2.24, 2.45) is 0 Å². The van der Waals surface area contributed by atoms with Crippen molar-refractivity contribution < 1.29 is 4.79 Å². The molecule has 0 unspecified atom stereocenters. The van der Waals surface area contributed by atoms with Crippen molar-refractivity contribution in [3.8, 4) is 6.07 Å². The van der Waals surface area contributed by atoms with E-state index in [4.69, 9.17) is 5.26 Å². The van der Waals surface area contributed by atoms with Crippen LogP contribution < -0.4 is 0 Å². The Kier molecular flexibility index (Phi) is 3.69. The summed E-state index contributed by atoms with van der Waals surface area (Å²) in [6, 6.07) is 1.96. The van der Waals surface area contributed by atoms with E-state index >= 15 is 0 Å². The maximum atomic E-state index is 11.2. The molecule has 70 valence electrons. The van der Waals surface area contributed by atoms with Crippen LogP contribution >= 0.6 is 22.9 Å². The Hall–Kier alpha value is -0.610. The van der Waals surface area contributed by atoms with E-state index in [1.54, 1.807) is 4.90 Å². The number of carbonyl (C=O) groups excluding carboxylic acids is 1. The normalized spacial score (nSPS) is 23.7. The first-order valence-corrected chi connectivity index (χ1v) is 4.89. The van der Waals surface area contributed by atoms with Crippen LogP contribution in [-0.4, -0.2) is 39.6 Å². The summed E-state index contributed by atoms with van der Waals surface area (Å²) in [5, 5.41) is 8.77. The van der Waals surface area contributed by atoms with Crippen molar-refractivity contribution in [1.82, 2.24) is 8.01 Å². The van der Waals surface area contributed by atoms with Crippen molar-refractivity contribution in [1.29, 1.82) is 5.26 Å². The summed E-state index contributed by atoms with van der Waals surface area (Å²) in [5.74, 6) is -0.0928. The van der Waals surface area contributed by atoms with Crippen LogP contribution in [-0.2, 0) is 4.79 Å². The number of amides is 1. The maximum absolute atomic E-state index is 11.2. The molecule has 0 aromatic rings. The van der Waals surface area contributed by atoms with Gasteiger partial charge in [-0.1, -0.05) is 6.58 Å². The van der Waals surface area contributed by atoms with Crippen LogP contribution in [0.2, 0.25) is 0 Å². The fraction of sp³-hybridized carbons (Fsp3) is 0.500. The summed E-state index contributed by atoms with van der Waals surface area (Å²) in [7, 11) is 0. The Balaban J connectivity index is 2.60. The molecule has 0 bridgehead atoms. The minimum Gasteiger partial charge on any atom is -0.335 e. The molecular formula is C8H10IN3O. The van der Waals surface area contributed by atoms with Gasteiger partial charge in [-0.3, -0.25) is 4.79 Å². The molecule has 1 aliphatic heterocycles. The fourth-order valence-corrected chi connectivity index (χ4v) is 1.71. The van der Waals surface area contributed by atoms with E-state index in [0.717, 1.165) is 6.54 Å². The SMILES string of the molecule is C=CC(=O)N1CCN(I)[C@@H](C#N)C1. The van der Waals surface area contributed by atoms with Gasteiger partial charge in [-0.2, -0.15) is 5.26 Å². The molecule has 0 aliphatic carbocycles. The molecule has 0 spiro atoms. The molecule has 1 saturated heterocycles. The van der Waals surface area contributed by atoms with E-state index in [2.05, 4.69) is 35.5 Å². The molecule has 4 nitrogen and oxygen atoms in total. The summed E-state index contributed by atoms with van der Waals surface area (Å²) in [6.07, 6.45) is 1.29. The lowest BCUT2D eigenvalue weighted by molar-refractivity contribution is -0.127. The summed E-state index contributed by atoms with van der Waals surface area (Å²) < 4.78 is 1.92. The highest BCUT2D eigenvalue weighted by Gasteiger charge is 2.26. The molecule has 1 aliphatic rings. The second-order valence-electron chi connectivity index (χ2n) is 2.76. The van der Waals surface area contributed by atoms with E-state index in [1.807, 2.05) is 3.11 Å². The Labute approximate surface area is 91.3 Å². The van der Waals surface area contributed by atoms with Crippen LogP contribution in [0.4, 0.5) is 0 Å². The minimum atomic E-state index is -0.196. The van der Waals surface area contributed by atoms with E-state index < -0.39 is 0 Å². The second-order valence-corrected chi connectivity index (χ2v) is 4.00. The smallest absolute Gasteiger partial charge is 0.246 e. The number of piperazine rings is 1. The van der Waals surface area contributed by atoms with Gasteiger partial charge in [-0.05, 0) is 6.08 Å². The first-order chi connectivity index (χ1) is 6.19. The molecule has 0 N–H and O–H groups in total. The number of nitriles is 1. The maximum Gasteiger partial charge on any atom is 0.246 e. The molecule has 0 aromatic heterocycles. The monoisotopic (exact) mass is 291 g/mol. The fourth-order valence-electron chi connectivity index (χ4n) is 1.19. The van der Waals surface area contributed by atoms with Gasteiger partial charge >= 0.3 is 0 Å². The summed E-state index contributed by atoms with van der Waals surface area (Å²) in [4.78, 5) is 12.9. The van der Waals surface area contributed by atoms with E-state index in [9.17, 15) is 4.79 Å². The van der Waals surface area contributed by atoms with Crippen LogP contribution in [0.15, 0.2) is 12.7 Å². The van der Waals surface area contributed by atoms with Gasteiger partial charge < -0.3 is 4.90 Å². The van der Waals surface area contributed by atoms with Gasteiger partial charge in [-0.15, -0.1) is 0 Å². The topological polar surface area (TPSA) is 47.3 Å². The summed E-state index contributed by atoms with van der Waals surface area (Å²) >= 11 is 2.11. The number of hydrogen-bond donors (Lipinski definition) is 0. The van der Waals surface area contributed by atoms with Crippen molar-refractivity contribution in [2.75, 3.05) is 19.6 Å². The quantitative estimate of drug-likeness (QED) is 0.403. The molecule has 1 fully saturated rings. The molecule has 13 heavy (non-hydrogen) atoms. The minimum absolute atomic E-state index is 0.0928. The first-order valence-electron chi connectivity index (χ1n) is 3.92. The van der Waals surface area contributed by atoms with Gasteiger partial charge in [0.25, 0.3) is 0 Å². The van der Waals surface area contributed by atoms with E-state index in [1.165, 1.54) is 6.08 Å². The third kappa shape index (κ3) is 2.42. The van der Waals surface area contributed by atoms with Gasteiger partial charge in [0.15, 0.2) is 0 Å². The summed E-state index contributed by atoms with van der Waals surface area (Å²) in [6.45, 7) is 5.30. The van der Waals surface area contributed by atoms with Crippen molar-refractivity contribution in [3.05, 3.63) is 12.7 Å². The zero-order valence-electron chi connectivity index (χ0n) is 7.11. The van der Waals surface area contributed by atoms with Crippen molar-refractivity contribution in [2.45, 2.75) is 6.04 Å². The van der Waals surface area contributed by atoms with Crippen LogP contribution in [0.1, 0.15) is 0 Å². The number of carbonyl (C=O) groups is 1. The molecule has 0 saturated carbocycles. The Morgan fingerprint density at radius 3 is 2.92 bits per heavy atom. The molecule has 5 heteroatoms. The largest absolute Gasteiger partial charge is 0.335 e. The highest BCUT2D eigenvalue weighted by molar-refractivity contribution is 14.1. The van der Waals surface area contributed by atoms with Gasteiger partial charge in [0, 0.05) is 36.0 Å². The molecule has 1 heterocycles. The van der Waals surface area contributed by atoms with E-state index in [0.29, 0.717) is 13.1 Å². The predicted octanol–water partition coefficient (Wildman–Crippen LogP) is 0.559. The van der Waals surface area contributed by atoms with Gasteiger partial charge in [0.05, 0.1) is 12.6 Å². The highest BCUT2D eigenvalue weighted by atomic mass is 127. The molecular weight excluding hydrogens is 281 g/mol. The molecule has 1 amide bonds. The third-order valence-corrected chi connectivity index (χ3v) is 3.11. The number of nitrogens with zero attached hydrogens (tertiary/aromatic N) is 3. The van der Waals surface area contributed by atoms with Crippen molar-refractivity contribution in [3.63, 3.8) is 0 Å². The first kappa shape index (κ1) is 10.5. The Bertz CT molecular complexity index is 261. The lowest BCUT2D eigenvalue weighted by Crippen LogP contribution is -2.50. The van der Waals surface area contributed by atoms with Gasteiger partial charge in [0.1, 0.15) is 6.04 Å². The zero-order valence-corrected chi connectivity index (χ0v) is 9.27.